The van der Waals surface area contributed by atoms with Gasteiger partial charge in [0.05, 0.1) is 37.0 Å². The molecule has 3 aromatic rings. The van der Waals surface area contributed by atoms with Crippen LogP contribution in [0.25, 0.3) is 16.9 Å². The molecule has 2 aromatic heterocycles. The van der Waals surface area contributed by atoms with Gasteiger partial charge in [0.1, 0.15) is 0 Å². The van der Waals surface area contributed by atoms with E-state index in [1.54, 1.807) is 21.1 Å². The second-order valence-electron chi connectivity index (χ2n) is 7.49. The number of rotatable bonds is 5. The molecule has 0 saturated carbocycles. The van der Waals surface area contributed by atoms with E-state index in [9.17, 15) is 4.79 Å². The lowest BCUT2D eigenvalue weighted by molar-refractivity contribution is -0.109. The molecule has 7 nitrogen and oxygen atoms in total. The average Bonchev–Trinajstić information content (AvgIpc) is 3.30. The monoisotopic (exact) mass is 426 g/mol. The zero-order valence-corrected chi connectivity index (χ0v) is 18.7. The predicted octanol–water partition coefficient (Wildman–Crippen LogP) is 3.89. The van der Waals surface area contributed by atoms with Crippen LogP contribution in [0.15, 0.2) is 24.3 Å². The summed E-state index contributed by atoms with van der Waals surface area (Å²) in [5.41, 5.74) is 5.60. The molecule has 158 valence electrons. The fraction of sp³-hybridized carbons (Fsp3) is 0.409. The number of anilines is 1. The predicted molar refractivity (Wildman–Crippen MR) is 120 cm³/mol. The van der Waals surface area contributed by atoms with Gasteiger partial charge < -0.3 is 14.4 Å². The third-order valence-corrected chi connectivity index (χ3v) is 6.39. The van der Waals surface area contributed by atoms with Gasteiger partial charge in [-0.2, -0.15) is 5.10 Å². The molecule has 3 heterocycles. The van der Waals surface area contributed by atoms with Crippen molar-refractivity contribution < 1.29 is 14.3 Å². The molecule has 1 saturated heterocycles. The zero-order valence-electron chi connectivity index (χ0n) is 17.9. The van der Waals surface area contributed by atoms with Gasteiger partial charge in [0.15, 0.2) is 22.3 Å². The Morgan fingerprint density at radius 2 is 1.93 bits per heavy atom. The van der Waals surface area contributed by atoms with Gasteiger partial charge in [-0.15, -0.1) is 0 Å². The first-order valence-corrected chi connectivity index (χ1v) is 10.8. The number of carbonyl (C=O) groups excluding carboxylic acids is 1. The summed E-state index contributed by atoms with van der Waals surface area (Å²) in [7, 11) is 3.26. The molecule has 8 heteroatoms. The Balaban J connectivity index is 1.79. The van der Waals surface area contributed by atoms with Crippen LogP contribution in [0.4, 0.5) is 5.69 Å². The van der Waals surface area contributed by atoms with Gasteiger partial charge in [-0.25, -0.2) is 9.50 Å². The number of nitrogens with zero attached hydrogens (tertiary/aromatic N) is 4. The minimum Gasteiger partial charge on any atom is -0.493 e. The molecule has 0 radical (unpaired) electrons. The minimum atomic E-state index is 0.172. The first-order valence-electron chi connectivity index (χ1n) is 9.92. The van der Waals surface area contributed by atoms with Crippen molar-refractivity contribution in [2.24, 2.45) is 0 Å². The maximum absolute atomic E-state index is 11.5. The summed E-state index contributed by atoms with van der Waals surface area (Å²) in [6.45, 7) is 7.37. The summed E-state index contributed by atoms with van der Waals surface area (Å²) in [6, 6.07) is 7.93. The smallest absolute Gasteiger partial charge is 0.186 e. The molecule has 30 heavy (non-hydrogen) atoms. The quantitative estimate of drug-likeness (QED) is 0.613. The summed E-state index contributed by atoms with van der Waals surface area (Å²) in [5.74, 6) is 1.35. The molecule has 0 bridgehead atoms. The number of aryl methyl sites for hydroxylation is 2. The van der Waals surface area contributed by atoms with Gasteiger partial charge in [-0.05, 0) is 44.5 Å². The standard InChI is InChI=1S/C22H26N4O3S/c1-13-10-18(25-9-8-17(12-25)30-15(3)27)22-23-14(2)21(26(22)24-13)16-6-7-19(28-4)20(11-16)29-5/h6-7,10-11,17H,8-9,12H2,1-5H3/t17-/m1/s1. The Bertz CT molecular complexity index is 1110. The highest BCUT2D eigenvalue weighted by Gasteiger charge is 2.27. The van der Waals surface area contributed by atoms with Crippen molar-refractivity contribution in [3.05, 3.63) is 35.7 Å². The van der Waals surface area contributed by atoms with Crippen molar-refractivity contribution in [2.75, 3.05) is 32.2 Å². The van der Waals surface area contributed by atoms with E-state index in [1.807, 2.05) is 36.6 Å². The Morgan fingerprint density at radius 3 is 2.63 bits per heavy atom. The number of fused-ring (bicyclic) bond motifs is 1. The third kappa shape index (κ3) is 3.71. The topological polar surface area (TPSA) is 69.0 Å². The van der Waals surface area contributed by atoms with Crippen molar-refractivity contribution in [1.82, 2.24) is 14.6 Å². The van der Waals surface area contributed by atoms with Gasteiger partial charge in [0.25, 0.3) is 0 Å². The molecule has 1 fully saturated rings. The fourth-order valence-electron chi connectivity index (χ4n) is 4.06. The number of hydrogen-bond donors (Lipinski definition) is 0. The lowest BCUT2D eigenvalue weighted by Gasteiger charge is -2.19. The second kappa shape index (κ2) is 8.18. The molecule has 4 rings (SSSR count). The van der Waals surface area contributed by atoms with E-state index < -0.39 is 0 Å². The van der Waals surface area contributed by atoms with Crippen molar-refractivity contribution >= 4 is 28.2 Å². The Labute approximate surface area is 180 Å². The van der Waals surface area contributed by atoms with Crippen LogP contribution in [0, 0.1) is 13.8 Å². The van der Waals surface area contributed by atoms with Crippen LogP contribution in [0.5, 0.6) is 11.5 Å². The summed E-state index contributed by atoms with van der Waals surface area (Å²) >= 11 is 1.43. The number of benzene rings is 1. The fourth-order valence-corrected chi connectivity index (χ4v) is 5.00. The zero-order chi connectivity index (χ0) is 21.4. The summed E-state index contributed by atoms with van der Waals surface area (Å²) in [4.78, 5) is 18.7. The molecular weight excluding hydrogens is 400 g/mol. The maximum atomic E-state index is 11.5. The SMILES string of the molecule is COc1ccc(-c2c(C)nc3c(N4CC[C@@H](SC(C)=O)C4)cc(C)nn23)cc1OC. The second-order valence-corrected chi connectivity index (χ2v) is 8.97. The highest BCUT2D eigenvalue weighted by Crippen LogP contribution is 2.36. The van der Waals surface area contributed by atoms with Gasteiger partial charge in [-0.3, -0.25) is 4.79 Å². The summed E-state index contributed by atoms with van der Waals surface area (Å²) in [5, 5.41) is 5.26. The number of thioether (sulfide) groups is 1. The first-order chi connectivity index (χ1) is 14.4. The molecule has 1 aliphatic heterocycles. The molecule has 0 unspecified atom stereocenters. The number of ether oxygens (including phenoxy) is 2. The van der Waals surface area contributed by atoms with Crippen molar-refractivity contribution in [1.29, 1.82) is 0 Å². The Kier molecular flexibility index (Phi) is 5.60. The molecule has 1 aromatic carbocycles. The Morgan fingerprint density at radius 1 is 1.17 bits per heavy atom. The number of hydrogen-bond acceptors (Lipinski definition) is 7. The lowest BCUT2D eigenvalue weighted by Crippen LogP contribution is -2.22. The van der Waals surface area contributed by atoms with Gasteiger partial charge in [0.2, 0.25) is 0 Å². The number of methoxy groups -OCH3 is 2. The van der Waals surface area contributed by atoms with Gasteiger partial charge in [-0.1, -0.05) is 11.8 Å². The first kappa shape index (κ1) is 20.5. The van der Waals surface area contributed by atoms with E-state index in [0.717, 1.165) is 53.5 Å². The van der Waals surface area contributed by atoms with Crippen molar-refractivity contribution in [3.8, 4) is 22.8 Å². The number of aromatic nitrogens is 3. The normalized spacial score (nSPS) is 16.3. The molecule has 1 atom stereocenters. The van der Waals surface area contributed by atoms with Crippen molar-refractivity contribution in [2.45, 2.75) is 32.4 Å². The highest BCUT2D eigenvalue weighted by molar-refractivity contribution is 8.14. The van der Waals surface area contributed by atoms with Crippen LogP contribution in [-0.4, -0.2) is 52.3 Å². The Hall–Kier alpha value is -2.74. The molecule has 0 aliphatic carbocycles. The van der Waals surface area contributed by atoms with E-state index >= 15 is 0 Å². The number of carbonyl (C=O) groups is 1. The largest absolute Gasteiger partial charge is 0.493 e. The molecule has 0 N–H and O–H groups in total. The minimum absolute atomic E-state index is 0.172. The van der Waals surface area contributed by atoms with Crippen LogP contribution in [0.3, 0.4) is 0 Å². The molecule has 1 aliphatic rings. The average molecular weight is 427 g/mol. The van der Waals surface area contributed by atoms with E-state index in [4.69, 9.17) is 19.6 Å². The lowest BCUT2D eigenvalue weighted by atomic mass is 10.1. The van der Waals surface area contributed by atoms with Gasteiger partial charge >= 0.3 is 0 Å². The van der Waals surface area contributed by atoms with Crippen molar-refractivity contribution in [3.63, 3.8) is 0 Å². The highest BCUT2D eigenvalue weighted by atomic mass is 32.2. The van der Waals surface area contributed by atoms with Gasteiger partial charge in [0, 0.05) is 30.8 Å². The maximum Gasteiger partial charge on any atom is 0.186 e. The number of imidazole rings is 1. The molecule has 0 spiro atoms. The van der Waals surface area contributed by atoms with Crippen LogP contribution in [-0.2, 0) is 4.79 Å². The van der Waals surface area contributed by atoms with E-state index in [0.29, 0.717) is 16.7 Å². The summed E-state index contributed by atoms with van der Waals surface area (Å²) in [6.07, 6.45) is 0.986. The van der Waals surface area contributed by atoms with E-state index in [1.165, 1.54) is 11.8 Å². The van der Waals surface area contributed by atoms with E-state index in [2.05, 4.69) is 11.0 Å². The molecule has 0 amide bonds. The van der Waals surface area contributed by atoms with Crippen LogP contribution >= 0.6 is 11.8 Å². The third-order valence-electron chi connectivity index (χ3n) is 5.34. The van der Waals surface area contributed by atoms with Crippen LogP contribution in [0.1, 0.15) is 24.7 Å². The van der Waals surface area contributed by atoms with Crippen LogP contribution in [0.2, 0.25) is 0 Å². The van der Waals surface area contributed by atoms with Crippen LogP contribution < -0.4 is 14.4 Å². The molecular formula is C22H26N4O3S. The van der Waals surface area contributed by atoms with E-state index in [-0.39, 0.29) is 5.12 Å². The summed E-state index contributed by atoms with van der Waals surface area (Å²) < 4.78 is 12.8.